The number of hydrogen-bond acceptors (Lipinski definition) is 3. The summed E-state index contributed by atoms with van der Waals surface area (Å²) >= 11 is 0. The van der Waals surface area contributed by atoms with Crippen LogP contribution in [0.2, 0.25) is 0 Å². The van der Waals surface area contributed by atoms with Gasteiger partial charge in [0.15, 0.2) is 0 Å². The summed E-state index contributed by atoms with van der Waals surface area (Å²) in [4.78, 5) is 11.9. The summed E-state index contributed by atoms with van der Waals surface area (Å²) in [6.45, 7) is 3.07. The molecule has 1 heterocycles. The topological polar surface area (TPSA) is 76.9 Å². The largest absolute Gasteiger partial charge is 0.334 e. The fourth-order valence-corrected chi connectivity index (χ4v) is 2.24. The number of amides is 2. The molecule has 1 aromatic carbocycles. The number of rotatable bonds is 2. The molecule has 2 atom stereocenters. The van der Waals surface area contributed by atoms with Gasteiger partial charge >= 0.3 is 6.03 Å². The van der Waals surface area contributed by atoms with E-state index in [4.69, 9.17) is 5.26 Å². The molecule has 5 heteroatoms. The van der Waals surface area contributed by atoms with E-state index in [0.717, 1.165) is 19.4 Å². The molecule has 1 aliphatic rings. The molecule has 2 rings (SSSR count). The van der Waals surface area contributed by atoms with Crippen LogP contribution >= 0.6 is 0 Å². The van der Waals surface area contributed by atoms with Crippen LogP contribution in [0, 0.1) is 11.3 Å². The van der Waals surface area contributed by atoms with Crippen molar-refractivity contribution in [2.45, 2.75) is 31.8 Å². The van der Waals surface area contributed by atoms with Crippen molar-refractivity contribution >= 4 is 11.7 Å². The summed E-state index contributed by atoms with van der Waals surface area (Å²) in [5.41, 5.74) is 1.17. The van der Waals surface area contributed by atoms with Gasteiger partial charge in [0, 0.05) is 17.8 Å². The van der Waals surface area contributed by atoms with Crippen molar-refractivity contribution in [1.82, 2.24) is 10.6 Å². The Morgan fingerprint density at radius 3 is 3.11 bits per heavy atom. The van der Waals surface area contributed by atoms with Gasteiger partial charge < -0.3 is 16.0 Å². The number of piperidine rings is 1. The first-order valence-electron chi connectivity index (χ1n) is 6.50. The molecule has 0 spiro atoms. The number of nitrogens with zero attached hydrogens (tertiary/aromatic N) is 1. The van der Waals surface area contributed by atoms with Crippen molar-refractivity contribution in [2.24, 2.45) is 0 Å². The number of carbonyl (C=O) groups is 1. The lowest BCUT2D eigenvalue weighted by atomic mass is 10.0. The zero-order valence-corrected chi connectivity index (χ0v) is 10.9. The zero-order chi connectivity index (χ0) is 13.7. The fourth-order valence-electron chi connectivity index (χ4n) is 2.24. The first kappa shape index (κ1) is 13.4. The quantitative estimate of drug-likeness (QED) is 0.757. The molecule has 0 bridgehead atoms. The van der Waals surface area contributed by atoms with E-state index in [1.807, 2.05) is 6.07 Å². The van der Waals surface area contributed by atoms with Crippen LogP contribution in [0.3, 0.4) is 0 Å². The highest BCUT2D eigenvalue weighted by atomic mass is 16.2. The smallest absolute Gasteiger partial charge is 0.319 e. The van der Waals surface area contributed by atoms with Gasteiger partial charge in [-0.2, -0.15) is 5.26 Å². The number of carbonyl (C=O) groups excluding carboxylic acids is 1. The third-order valence-electron chi connectivity index (χ3n) is 3.33. The van der Waals surface area contributed by atoms with E-state index in [-0.39, 0.29) is 18.1 Å². The summed E-state index contributed by atoms with van der Waals surface area (Å²) in [6, 6.07) is 9.12. The maximum atomic E-state index is 11.9. The van der Waals surface area contributed by atoms with Crippen molar-refractivity contribution in [3.05, 3.63) is 29.8 Å². The maximum Gasteiger partial charge on any atom is 0.319 e. The molecule has 5 nitrogen and oxygen atoms in total. The van der Waals surface area contributed by atoms with E-state index in [1.54, 1.807) is 24.3 Å². The van der Waals surface area contributed by atoms with Crippen LogP contribution < -0.4 is 16.0 Å². The molecular weight excluding hydrogens is 240 g/mol. The van der Waals surface area contributed by atoms with Crippen molar-refractivity contribution in [2.75, 3.05) is 11.9 Å². The van der Waals surface area contributed by atoms with E-state index < -0.39 is 0 Å². The van der Waals surface area contributed by atoms with Crippen LogP contribution in [-0.2, 0) is 0 Å². The van der Waals surface area contributed by atoms with Crippen LogP contribution in [0.1, 0.15) is 25.3 Å². The van der Waals surface area contributed by atoms with Gasteiger partial charge in [-0.1, -0.05) is 6.07 Å². The minimum atomic E-state index is -0.226. The van der Waals surface area contributed by atoms with E-state index in [9.17, 15) is 4.79 Å². The Morgan fingerprint density at radius 1 is 1.53 bits per heavy atom. The molecule has 2 amide bonds. The lowest BCUT2D eigenvalue weighted by Gasteiger charge is -2.30. The van der Waals surface area contributed by atoms with Gasteiger partial charge in [0.05, 0.1) is 11.6 Å². The fraction of sp³-hybridized carbons (Fsp3) is 0.429. The van der Waals surface area contributed by atoms with Gasteiger partial charge in [-0.25, -0.2) is 4.79 Å². The summed E-state index contributed by atoms with van der Waals surface area (Å²) in [5, 5.41) is 17.9. The van der Waals surface area contributed by atoms with Crippen molar-refractivity contribution in [3.63, 3.8) is 0 Å². The predicted octanol–water partition coefficient (Wildman–Crippen LogP) is 1.82. The molecule has 0 saturated carbocycles. The second-order valence-corrected chi connectivity index (χ2v) is 4.78. The second-order valence-electron chi connectivity index (χ2n) is 4.78. The van der Waals surface area contributed by atoms with Crippen molar-refractivity contribution < 1.29 is 4.79 Å². The van der Waals surface area contributed by atoms with Crippen LogP contribution in [0.25, 0.3) is 0 Å². The average Bonchev–Trinajstić information content (AvgIpc) is 2.41. The molecule has 0 radical (unpaired) electrons. The Morgan fingerprint density at radius 2 is 2.37 bits per heavy atom. The van der Waals surface area contributed by atoms with Crippen molar-refractivity contribution in [3.8, 4) is 6.07 Å². The molecular formula is C14H18N4O. The van der Waals surface area contributed by atoms with Crippen LogP contribution in [0.15, 0.2) is 24.3 Å². The third-order valence-corrected chi connectivity index (χ3v) is 3.33. The first-order valence-corrected chi connectivity index (χ1v) is 6.50. The number of nitrogens with one attached hydrogen (secondary N) is 3. The molecule has 1 aliphatic heterocycles. The molecule has 19 heavy (non-hydrogen) atoms. The Bertz CT molecular complexity index is 494. The predicted molar refractivity (Wildman–Crippen MR) is 73.8 cm³/mol. The standard InChI is InChI=1S/C14H18N4O/c1-10-13(6-3-7-16-10)18-14(19)17-12-5-2-4-11(8-12)9-15/h2,4-5,8,10,13,16H,3,6-7H2,1H3,(H2,17,18,19). The number of hydrogen-bond donors (Lipinski definition) is 3. The SMILES string of the molecule is CC1NCCCC1NC(=O)Nc1cccc(C#N)c1. The highest BCUT2D eigenvalue weighted by molar-refractivity contribution is 5.89. The van der Waals surface area contributed by atoms with E-state index in [0.29, 0.717) is 11.3 Å². The van der Waals surface area contributed by atoms with Gasteiger partial charge in [-0.05, 0) is 44.5 Å². The van der Waals surface area contributed by atoms with Gasteiger partial charge in [-0.15, -0.1) is 0 Å². The molecule has 0 aromatic heterocycles. The summed E-state index contributed by atoms with van der Waals surface area (Å²) < 4.78 is 0. The molecule has 2 unspecified atom stereocenters. The van der Waals surface area contributed by atoms with Crippen LogP contribution in [-0.4, -0.2) is 24.7 Å². The highest BCUT2D eigenvalue weighted by Crippen LogP contribution is 2.11. The van der Waals surface area contributed by atoms with Crippen LogP contribution in [0.4, 0.5) is 10.5 Å². The Kier molecular flexibility index (Phi) is 4.37. The third kappa shape index (κ3) is 3.70. The number of nitriles is 1. The molecule has 0 aliphatic carbocycles. The minimum Gasteiger partial charge on any atom is -0.334 e. The summed E-state index contributed by atoms with van der Waals surface area (Å²) in [7, 11) is 0. The van der Waals surface area contributed by atoms with Crippen molar-refractivity contribution in [1.29, 1.82) is 5.26 Å². The highest BCUT2D eigenvalue weighted by Gasteiger charge is 2.22. The van der Waals surface area contributed by atoms with Gasteiger partial charge in [0.25, 0.3) is 0 Å². The monoisotopic (exact) mass is 258 g/mol. The molecule has 100 valence electrons. The van der Waals surface area contributed by atoms with Gasteiger partial charge in [0.1, 0.15) is 0 Å². The van der Waals surface area contributed by atoms with Gasteiger partial charge in [0.2, 0.25) is 0 Å². The zero-order valence-electron chi connectivity index (χ0n) is 10.9. The average molecular weight is 258 g/mol. The molecule has 1 saturated heterocycles. The van der Waals surface area contributed by atoms with E-state index >= 15 is 0 Å². The Labute approximate surface area is 113 Å². The number of urea groups is 1. The summed E-state index contributed by atoms with van der Waals surface area (Å²) in [5.74, 6) is 0. The Hall–Kier alpha value is -2.06. The molecule has 3 N–H and O–H groups in total. The normalized spacial score (nSPS) is 22.3. The Balaban J connectivity index is 1.91. The molecule has 1 fully saturated rings. The lowest BCUT2D eigenvalue weighted by molar-refractivity contribution is 0.239. The number of benzene rings is 1. The number of anilines is 1. The summed E-state index contributed by atoms with van der Waals surface area (Å²) in [6.07, 6.45) is 2.05. The first-order chi connectivity index (χ1) is 9.19. The lowest BCUT2D eigenvalue weighted by Crippen LogP contribution is -2.52. The van der Waals surface area contributed by atoms with Crippen LogP contribution in [0.5, 0.6) is 0 Å². The second kappa shape index (κ2) is 6.21. The minimum absolute atomic E-state index is 0.146. The maximum absolute atomic E-state index is 11.9. The van der Waals surface area contributed by atoms with E-state index in [2.05, 4.69) is 22.9 Å². The molecule has 1 aromatic rings. The van der Waals surface area contributed by atoms with Gasteiger partial charge in [-0.3, -0.25) is 0 Å². The van der Waals surface area contributed by atoms with E-state index in [1.165, 1.54) is 0 Å².